The molecule has 0 bridgehead atoms. The van der Waals surface area contributed by atoms with Crippen LogP contribution < -0.4 is 5.32 Å². The molecule has 130 valence electrons. The van der Waals surface area contributed by atoms with Crippen molar-refractivity contribution in [2.75, 3.05) is 0 Å². The lowest BCUT2D eigenvalue weighted by atomic mass is 9.76. The summed E-state index contributed by atoms with van der Waals surface area (Å²) in [6, 6.07) is 8.24. The van der Waals surface area contributed by atoms with Crippen LogP contribution in [0.25, 0.3) is 4.96 Å². The number of thiazole rings is 1. The van der Waals surface area contributed by atoms with E-state index in [1.54, 1.807) is 11.3 Å². The number of amides is 1. The number of hydrogen-bond acceptors (Lipinski definition) is 3. The molecule has 1 aliphatic carbocycles. The zero-order valence-electron chi connectivity index (χ0n) is 14.3. The molecular formula is C19H20ClN3OS. The van der Waals surface area contributed by atoms with Gasteiger partial charge in [-0.1, -0.05) is 30.7 Å². The molecule has 6 heteroatoms. The molecule has 0 spiro atoms. The molecule has 2 heterocycles. The van der Waals surface area contributed by atoms with Crippen molar-refractivity contribution in [2.24, 2.45) is 0 Å². The van der Waals surface area contributed by atoms with Crippen LogP contribution in [0.5, 0.6) is 0 Å². The molecular weight excluding hydrogens is 354 g/mol. The fourth-order valence-corrected chi connectivity index (χ4v) is 4.45. The average Bonchev–Trinajstić information content (AvgIpc) is 3.06. The summed E-state index contributed by atoms with van der Waals surface area (Å²) in [5, 5.41) is 3.94. The van der Waals surface area contributed by atoms with E-state index in [1.165, 1.54) is 5.56 Å². The molecule has 1 N–H and O–H groups in total. The zero-order valence-corrected chi connectivity index (χ0v) is 15.8. The van der Waals surface area contributed by atoms with E-state index >= 15 is 0 Å². The molecule has 25 heavy (non-hydrogen) atoms. The molecule has 1 amide bonds. The predicted molar refractivity (Wildman–Crippen MR) is 102 cm³/mol. The second-order valence-electron chi connectivity index (χ2n) is 6.65. The molecule has 0 aliphatic heterocycles. The summed E-state index contributed by atoms with van der Waals surface area (Å²) in [4.78, 5) is 19.5. The first-order valence-electron chi connectivity index (χ1n) is 8.59. The number of nitrogens with zero attached hydrogens (tertiary/aromatic N) is 2. The number of fused-ring (bicyclic) bond motifs is 1. The van der Waals surface area contributed by atoms with Crippen molar-refractivity contribution < 1.29 is 4.79 Å². The van der Waals surface area contributed by atoms with Gasteiger partial charge in [-0.3, -0.25) is 9.20 Å². The fourth-order valence-electron chi connectivity index (χ4n) is 3.48. The van der Waals surface area contributed by atoms with Crippen LogP contribution >= 0.6 is 22.9 Å². The van der Waals surface area contributed by atoms with E-state index in [-0.39, 0.29) is 11.9 Å². The van der Waals surface area contributed by atoms with Gasteiger partial charge in [0, 0.05) is 22.1 Å². The van der Waals surface area contributed by atoms with Crippen molar-refractivity contribution in [2.45, 2.75) is 45.1 Å². The Morgan fingerprint density at radius 2 is 2.08 bits per heavy atom. The van der Waals surface area contributed by atoms with Gasteiger partial charge in [-0.25, -0.2) is 4.98 Å². The topological polar surface area (TPSA) is 46.4 Å². The Kier molecular flexibility index (Phi) is 4.29. The summed E-state index contributed by atoms with van der Waals surface area (Å²) in [5.74, 6) is 0.490. The highest BCUT2D eigenvalue weighted by atomic mass is 35.5. The standard InChI is InChI=1S/C19H20ClN3OS/c1-3-16-17(23-10-11(2)25-19(23)22-16)18(24)21-15-8-13(9-15)12-4-6-14(20)7-5-12/h4-7,10,13,15H,3,8-9H2,1-2H3,(H,21,24). The minimum atomic E-state index is -0.0123. The van der Waals surface area contributed by atoms with Crippen molar-refractivity contribution in [1.82, 2.24) is 14.7 Å². The van der Waals surface area contributed by atoms with E-state index in [2.05, 4.69) is 22.4 Å². The number of carbonyl (C=O) groups is 1. The molecule has 0 radical (unpaired) electrons. The predicted octanol–water partition coefficient (Wildman–Crippen LogP) is 4.60. The van der Waals surface area contributed by atoms with Gasteiger partial charge in [0.15, 0.2) is 4.96 Å². The number of aryl methyl sites for hydroxylation is 2. The molecule has 0 atom stereocenters. The molecule has 1 fully saturated rings. The first-order chi connectivity index (χ1) is 12.0. The Labute approximate surface area is 155 Å². The molecule has 2 aromatic heterocycles. The highest BCUT2D eigenvalue weighted by molar-refractivity contribution is 7.17. The first-order valence-corrected chi connectivity index (χ1v) is 9.78. The maximum Gasteiger partial charge on any atom is 0.270 e. The molecule has 1 saturated carbocycles. The van der Waals surface area contributed by atoms with Crippen molar-refractivity contribution in [3.63, 3.8) is 0 Å². The average molecular weight is 374 g/mol. The maximum atomic E-state index is 12.8. The van der Waals surface area contributed by atoms with Gasteiger partial charge in [0.1, 0.15) is 5.69 Å². The Hall–Kier alpha value is -1.85. The first kappa shape index (κ1) is 16.6. The third kappa shape index (κ3) is 3.07. The van der Waals surface area contributed by atoms with E-state index in [0.717, 1.165) is 39.8 Å². The number of rotatable bonds is 4. The number of nitrogens with one attached hydrogen (secondary N) is 1. The second-order valence-corrected chi connectivity index (χ2v) is 8.29. The number of aromatic nitrogens is 2. The van der Waals surface area contributed by atoms with Gasteiger partial charge in [0.25, 0.3) is 5.91 Å². The lowest BCUT2D eigenvalue weighted by Gasteiger charge is -2.36. The third-order valence-electron chi connectivity index (χ3n) is 4.88. The Bertz CT molecular complexity index is 922. The van der Waals surface area contributed by atoms with Crippen LogP contribution in [-0.4, -0.2) is 21.3 Å². The summed E-state index contributed by atoms with van der Waals surface area (Å²) in [6.07, 6.45) is 4.70. The number of carbonyl (C=O) groups excluding carboxylic acids is 1. The SMILES string of the molecule is CCc1nc2sc(C)cn2c1C(=O)NC1CC(c2ccc(Cl)cc2)C1. The van der Waals surface area contributed by atoms with Crippen molar-refractivity contribution in [1.29, 1.82) is 0 Å². The van der Waals surface area contributed by atoms with Crippen LogP contribution in [-0.2, 0) is 6.42 Å². The van der Waals surface area contributed by atoms with Crippen molar-refractivity contribution in [3.05, 3.63) is 57.3 Å². The van der Waals surface area contributed by atoms with Gasteiger partial charge in [-0.2, -0.15) is 0 Å². The van der Waals surface area contributed by atoms with E-state index in [1.807, 2.05) is 36.6 Å². The van der Waals surface area contributed by atoms with Gasteiger partial charge in [0.05, 0.1) is 5.69 Å². The van der Waals surface area contributed by atoms with Crippen LogP contribution in [0, 0.1) is 6.92 Å². The van der Waals surface area contributed by atoms with Crippen molar-refractivity contribution in [3.8, 4) is 0 Å². The summed E-state index contributed by atoms with van der Waals surface area (Å²) < 4.78 is 1.93. The van der Waals surface area contributed by atoms with Gasteiger partial charge >= 0.3 is 0 Å². The highest BCUT2D eigenvalue weighted by Crippen LogP contribution is 2.37. The Balaban J connectivity index is 1.46. The van der Waals surface area contributed by atoms with Gasteiger partial charge < -0.3 is 5.32 Å². The second kappa shape index (κ2) is 6.46. The summed E-state index contributed by atoms with van der Waals surface area (Å²) in [5.41, 5.74) is 2.86. The molecule has 1 aromatic carbocycles. The number of halogens is 1. The Morgan fingerprint density at radius 1 is 1.36 bits per heavy atom. The van der Waals surface area contributed by atoms with Gasteiger partial charge in [0.2, 0.25) is 0 Å². The number of hydrogen-bond donors (Lipinski definition) is 1. The molecule has 3 aromatic rings. The van der Waals surface area contributed by atoms with Gasteiger partial charge in [-0.15, -0.1) is 11.3 Å². The zero-order chi connectivity index (χ0) is 17.6. The monoisotopic (exact) mass is 373 g/mol. The van der Waals surface area contributed by atoms with Crippen LogP contribution in [0.1, 0.15) is 52.3 Å². The molecule has 0 saturated heterocycles. The Morgan fingerprint density at radius 3 is 2.76 bits per heavy atom. The van der Waals surface area contributed by atoms with Crippen LogP contribution in [0.3, 0.4) is 0 Å². The largest absolute Gasteiger partial charge is 0.348 e. The minimum Gasteiger partial charge on any atom is -0.348 e. The number of benzene rings is 1. The maximum absolute atomic E-state index is 12.8. The minimum absolute atomic E-state index is 0.0123. The number of imidazole rings is 1. The summed E-state index contributed by atoms with van der Waals surface area (Å²) in [7, 11) is 0. The molecule has 0 unspecified atom stereocenters. The summed E-state index contributed by atoms with van der Waals surface area (Å²) in [6.45, 7) is 4.07. The summed E-state index contributed by atoms with van der Waals surface area (Å²) >= 11 is 7.56. The van der Waals surface area contributed by atoms with Crippen LogP contribution in [0.15, 0.2) is 30.5 Å². The van der Waals surface area contributed by atoms with Crippen molar-refractivity contribution >= 4 is 33.8 Å². The van der Waals surface area contributed by atoms with Crippen LogP contribution in [0.4, 0.5) is 0 Å². The fraction of sp³-hybridized carbons (Fsp3) is 0.368. The molecule has 4 nitrogen and oxygen atoms in total. The van der Waals surface area contributed by atoms with E-state index in [9.17, 15) is 4.79 Å². The molecule has 1 aliphatic rings. The lowest BCUT2D eigenvalue weighted by Crippen LogP contribution is -2.43. The van der Waals surface area contributed by atoms with Gasteiger partial charge in [-0.05, 0) is 49.8 Å². The quantitative estimate of drug-likeness (QED) is 0.726. The third-order valence-corrected chi connectivity index (χ3v) is 6.03. The van der Waals surface area contributed by atoms with E-state index < -0.39 is 0 Å². The highest BCUT2D eigenvalue weighted by Gasteiger charge is 2.32. The smallest absolute Gasteiger partial charge is 0.270 e. The molecule has 4 rings (SSSR count). The van der Waals surface area contributed by atoms with E-state index in [0.29, 0.717) is 11.6 Å². The van der Waals surface area contributed by atoms with E-state index in [4.69, 9.17) is 11.6 Å². The normalized spacial score (nSPS) is 19.8. The lowest BCUT2D eigenvalue weighted by molar-refractivity contribution is 0.0902. The van der Waals surface area contributed by atoms with Crippen LogP contribution in [0.2, 0.25) is 5.02 Å².